The zero-order valence-electron chi connectivity index (χ0n) is 10.6. The molecule has 3 N–H and O–H groups in total. The Kier molecular flexibility index (Phi) is 6.47. The van der Waals surface area contributed by atoms with Gasteiger partial charge in [-0.2, -0.15) is 0 Å². The Bertz CT molecular complexity index is 286. The molecule has 0 aliphatic rings. The molecule has 0 saturated heterocycles. The SMILES string of the molecule is CC(C)OCCS(=O)(=O)NC(C)(C)CCN. The number of rotatable bonds is 8. The molecule has 0 bridgehead atoms. The fourth-order valence-electron chi connectivity index (χ4n) is 1.28. The Labute approximate surface area is 98.8 Å². The predicted octanol–water partition coefficient (Wildman–Crippen LogP) is 0.458. The van der Waals surface area contributed by atoms with Crippen molar-refractivity contribution >= 4 is 10.0 Å². The monoisotopic (exact) mass is 252 g/mol. The Balaban J connectivity index is 4.14. The fourth-order valence-corrected chi connectivity index (χ4v) is 2.64. The molecule has 0 rings (SSSR count). The largest absolute Gasteiger partial charge is 0.378 e. The van der Waals surface area contributed by atoms with E-state index in [9.17, 15) is 8.42 Å². The van der Waals surface area contributed by atoms with Crippen molar-refractivity contribution in [3.05, 3.63) is 0 Å². The van der Waals surface area contributed by atoms with Crippen molar-refractivity contribution in [3.8, 4) is 0 Å². The summed E-state index contributed by atoms with van der Waals surface area (Å²) in [7, 11) is -3.29. The van der Waals surface area contributed by atoms with Crippen LogP contribution in [0.5, 0.6) is 0 Å². The van der Waals surface area contributed by atoms with Crippen LogP contribution >= 0.6 is 0 Å². The van der Waals surface area contributed by atoms with Crippen LogP contribution in [0, 0.1) is 0 Å². The average Bonchev–Trinajstić information content (AvgIpc) is 1.99. The van der Waals surface area contributed by atoms with Crippen molar-refractivity contribution < 1.29 is 13.2 Å². The third-order valence-electron chi connectivity index (χ3n) is 2.00. The van der Waals surface area contributed by atoms with Crippen molar-refractivity contribution in [1.29, 1.82) is 0 Å². The van der Waals surface area contributed by atoms with Crippen LogP contribution in [0.2, 0.25) is 0 Å². The van der Waals surface area contributed by atoms with Crippen LogP contribution in [-0.2, 0) is 14.8 Å². The third-order valence-corrected chi connectivity index (χ3v) is 3.57. The Hall–Kier alpha value is -0.170. The maximum atomic E-state index is 11.7. The highest BCUT2D eigenvalue weighted by Gasteiger charge is 2.23. The van der Waals surface area contributed by atoms with E-state index < -0.39 is 15.6 Å². The molecular formula is C10H24N2O3S. The quantitative estimate of drug-likeness (QED) is 0.657. The highest BCUT2D eigenvalue weighted by atomic mass is 32.2. The zero-order chi connectivity index (χ0) is 12.8. The lowest BCUT2D eigenvalue weighted by Gasteiger charge is -2.25. The van der Waals surface area contributed by atoms with E-state index in [0.29, 0.717) is 13.0 Å². The summed E-state index contributed by atoms with van der Waals surface area (Å²) in [5.74, 6) is -0.0147. The first-order chi connectivity index (χ1) is 7.18. The van der Waals surface area contributed by atoms with Crippen LogP contribution in [0.25, 0.3) is 0 Å². The number of hydrogen-bond donors (Lipinski definition) is 2. The maximum absolute atomic E-state index is 11.7. The molecule has 0 saturated carbocycles. The average molecular weight is 252 g/mol. The lowest BCUT2D eigenvalue weighted by Crippen LogP contribution is -2.46. The lowest BCUT2D eigenvalue weighted by atomic mass is 10.0. The molecule has 5 nitrogen and oxygen atoms in total. The second kappa shape index (κ2) is 6.54. The van der Waals surface area contributed by atoms with Gasteiger partial charge in [0.25, 0.3) is 0 Å². The Morgan fingerprint density at radius 1 is 1.38 bits per heavy atom. The van der Waals surface area contributed by atoms with E-state index in [1.165, 1.54) is 0 Å². The van der Waals surface area contributed by atoms with Gasteiger partial charge in [0.05, 0.1) is 18.5 Å². The first-order valence-electron chi connectivity index (χ1n) is 5.52. The van der Waals surface area contributed by atoms with Gasteiger partial charge in [0.15, 0.2) is 0 Å². The minimum absolute atomic E-state index is 0.0147. The van der Waals surface area contributed by atoms with Gasteiger partial charge >= 0.3 is 0 Å². The van der Waals surface area contributed by atoms with Gasteiger partial charge in [-0.25, -0.2) is 13.1 Å². The van der Waals surface area contributed by atoms with Gasteiger partial charge in [0, 0.05) is 5.54 Å². The van der Waals surface area contributed by atoms with Gasteiger partial charge in [-0.3, -0.25) is 0 Å². The molecule has 0 unspecified atom stereocenters. The van der Waals surface area contributed by atoms with E-state index in [-0.39, 0.29) is 18.5 Å². The molecule has 0 aliphatic heterocycles. The van der Waals surface area contributed by atoms with Crippen molar-refractivity contribution in [1.82, 2.24) is 4.72 Å². The van der Waals surface area contributed by atoms with Gasteiger partial charge in [-0.15, -0.1) is 0 Å². The van der Waals surface area contributed by atoms with Crippen LogP contribution in [-0.4, -0.2) is 39.0 Å². The molecule has 0 aromatic heterocycles. The summed E-state index contributed by atoms with van der Waals surface area (Å²) in [5, 5.41) is 0. The second-order valence-corrected chi connectivity index (χ2v) is 6.60. The molecular weight excluding hydrogens is 228 g/mol. The molecule has 6 heteroatoms. The molecule has 98 valence electrons. The normalized spacial score (nSPS) is 13.4. The summed E-state index contributed by atoms with van der Waals surface area (Å²) >= 11 is 0. The smallest absolute Gasteiger partial charge is 0.214 e. The molecule has 0 atom stereocenters. The van der Waals surface area contributed by atoms with E-state index >= 15 is 0 Å². The summed E-state index contributed by atoms with van der Waals surface area (Å²) in [6.07, 6.45) is 0.657. The number of nitrogens with two attached hydrogens (primary N) is 1. The van der Waals surface area contributed by atoms with E-state index in [0.717, 1.165) is 0 Å². The Morgan fingerprint density at radius 2 is 1.94 bits per heavy atom. The van der Waals surface area contributed by atoms with Gasteiger partial charge in [0.2, 0.25) is 10.0 Å². The molecule has 0 aliphatic carbocycles. The number of sulfonamides is 1. The van der Waals surface area contributed by atoms with E-state index in [2.05, 4.69) is 4.72 Å². The molecule has 0 spiro atoms. The molecule has 0 amide bonds. The second-order valence-electron chi connectivity index (χ2n) is 4.76. The predicted molar refractivity (Wildman–Crippen MR) is 65.8 cm³/mol. The molecule has 0 fully saturated rings. The van der Waals surface area contributed by atoms with Crippen molar-refractivity contribution in [2.45, 2.75) is 45.8 Å². The fraction of sp³-hybridized carbons (Fsp3) is 1.00. The molecule has 0 heterocycles. The first kappa shape index (κ1) is 15.8. The van der Waals surface area contributed by atoms with Crippen molar-refractivity contribution in [2.75, 3.05) is 18.9 Å². The topological polar surface area (TPSA) is 81.4 Å². The summed E-state index contributed by atoms with van der Waals surface area (Å²) in [5.41, 5.74) is 4.92. The summed E-state index contributed by atoms with van der Waals surface area (Å²) < 4.78 is 31.2. The maximum Gasteiger partial charge on any atom is 0.214 e. The minimum Gasteiger partial charge on any atom is -0.378 e. The summed E-state index contributed by atoms with van der Waals surface area (Å²) in [6, 6.07) is 0. The third kappa shape index (κ3) is 8.04. The minimum atomic E-state index is -3.29. The van der Waals surface area contributed by atoms with Crippen LogP contribution < -0.4 is 10.5 Å². The van der Waals surface area contributed by atoms with Crippen molar-refractivity contribution in [2.24, 2.45) is 5.73 Å². The number of nitrogens with one attached hydrogen (secondary N) is 1. The molecule has 0 aromatic carbocycles. The molecule has 16 heavy (non-hydrogen) atoms. The molecule has 0 radical (unpaired) electrons. The van der Waals surface area contributed by atoms with E-state index in [1.54, 1.807) is 0 Å². The molecule has 0 aromatic rings. The Morgan fingerprint density at radius 3 is 2.38 bits per heavy atom. The summed E-state index contributed by atoms with van der Waals surface area (Å²) in [4.78, 5) is 0. The van der Waals surface area contributed by atoms with Crippen LogP contribution in [0.3, 0.4) is 0 Å². The van der Waals surface area contributed by atoms with Crippen LogP contribution in [0.1, 0.15) is 34.1 Å². The van der Waals surface area contributed by atoms with Crippen LogP contribution in [0.15, 0.2) is 0 Å². The number of hydrogen-bond acceptors (Lipinski definition) is 4. The standard InChI is InChI=1S/C10H24N2O3S/c1-9(2)15-7-8-16(13,14)12-10(3,4)5-6-11/h9,12H,5-8,11H2,1-4H3. The number of ether oxygens (including phenoxy) is 1. The van der Waals surface area contributed by atoms with E-state index in [1.807, 2.05) is 27.7 Å². The van der Waals surface area contributed by atoms with E-state index in [4.69, 9.17) is 10.5 Å². The van der Waals surface area contributed by atoms with Gasteiger partial charge in [-0.05, 0) is 40.7 Å². The highest BCUT2D eigenvalue weighted by Crippen LogP contribution is 2.08. The first-order valence-corrected chi connectivity index (χ1v) is 7.17. The van der Waals surface area contributed by atoms with Crippen LogP contribution in [0.4, 0.5) is 0 Å². The highest BCUT2D eigenvalue weighted by molar-refractivity contribution is 7.89. The van der Waals surface area contributed by atoms with Crippen molar-refractivity contribution in [3.63, 3.8) is 0 Å². The van der Waals surface area contributed by atoms with Gasteiger partial charge < -0.3 is 10.5 Å². The lowest BCUT2D eigenvalue weighted by molar-refractivity contribution is 0.0910. The zero-order valence-corrected chi connectivity index (χ0v) is 11.4. The van der Waals surface area contributed by atoms with Gasteiger partial charge in [-0.1, -0.05) is 0 Å². The van der Waals surface area contributed by atoms with Gasteiger partial charge in [0.1, 0.15) is 0 Å². The summed E-state index contributed by atoms with van der Waals surface area (Å²) in [6.45, 7) is 8.06.